The number of rotatable bonds is 41. The minimum atomic E-state index is -0.976. The lowest BCUT2D eigenvalue weighted by Crippen LogP contribution is -2.55. The third kappa shape index (κ3) is 24.7. The van der Waals surface area contributed by atoms with E-state index in [0.717, 1.165) is 4.90 Å². The number of nitrogens with zero attached hydrogens (tertiary/aromatic N) is 4. The zero-order chi connectivity index (χ0) is 72.5. The number of hydrogen-bond donors (Lipinski definition) is 7. The minimum Gasteiger partial charge on any atom is -0.445 e. The number of carbonyl (C=O) groups excluding carboxylic acids is 11. The average molecular weight is 1360 g/mol. The van der Waals surface area contributed by atoms with Crippen molar-refractivity contribution < 1.29 is 76.4 Å². The molecule has 10 amide bonds. The Morgan fingerprint density at radius 1 is 0.742 bits per heavy atom. The van der Waals surface area contributed by atoms with Crippen LogP contribution in [0, 0.1) is 47.2 Å². The number of alkyl carbamates (subject to hydrolysis) is 1. The van der Waals surface area contributed by atoms with Crippen LogP contribution in [0.4, 0.5) is 19.7 Å². The van der Waals surface area contributed by atoms with Crippen molar-refractivity contribution in [2.75, 3.05) is 60.3 Å². The molecular formula is C71H109FN10O15. The van der Waals surface area contributed by atoms with Crippen LogP contribution in [0.3, 0.4) is 0 Å². The normalized spacial score (nSPS) is 18.2. The number of nitrogens with two attached hydrogens (primary N) is 1. The van der Waals surface area contributed by atoms with Crippen LogP contribution >= 0.6 is 0 Å². The number of Topliss-reactive ketones (excluding diaryl/α,β-unsaturated/α-hetero) is 2. The average Bonchev–Trinajstić information content (AvgIpc) is 1.78. The van der Waals surface area contributed by atoms with E-state index in [-0.39, 0.29) is 136 Å². The zero-order valence-corrected chi connectivity index (χ0v) is 59.5. The fraction of sp³-hybridized carbons (Fsp3) is 0.648. The van der Waals surface area contributed by atoms with E-state index in [1.165, 1.54) is 55.5 Å². The lowest BCUT2D eigenvalue weighted by atomic mass is 9.83. The van der Waals surface area contributed by atoms with Crippen molar-refractivity contribution in [3.8, 4) is 0 Å². The number of aliphatic hydroxyl groups is 1. The molecule has 2 heterocycles. The number of likely N-dealkylation sites (tertiary alicyclic amines) is 1. The molecule has 8 N–H and O–H groups in total. The van der Waals surface area contributed by atoms with Crippen LogP contribution in [0.15, 0.2) is 60.7 Å². The number of nitrogens with one attached hydrogen (secondary N) is 5. The highest BCUT2D eigenvalue weighted by Gasteiger charge is 2.46. The molecule has 13 atom stereocenters. The smallest absolute Gasteiger partial charge is 0.408 e. The van der Waals surface area contributed by atoms with E-state index in [0.29, 0.717) is 48.9 Å². The number of hydrogen-bond acceptors (Lipinski definition) is 16. The van der Waals surface area contributed by atoms with Crippen LogP contribution in [0.5, 0.6) is 0 Å². The standard InChI is InChI=1S/C71H109FN10O15/c1-16-44(8)65(80(13)69(92)53(41(2)3)37-56(85)64(43(6)7)79(11)12)57(95-14)38-61(89)82-39-52(83)36-54(82)66(96-15)45(9)67(90)75-46(10)63(48-25-27-50(72)28-26-48)78-71(94)97-40-47-23-29-51(30-24-47)76-68(91)49(21-20-33-74-70(73)93)35-55(84)62(42(4)5)77-58(86)22-18-17-19-34-81-59(87)31-32-60(81)88/h23-32,41-46,49,52-54,57,62-66,83H,16-22,33-40H2,1-15H3,(H,75,90)(H,76,91)(H,77,86)(H,78,94)(H3,73,74,93)/t44-,45+,46+,49+,52-,53-,54-,57+,62-,63?,64-,65-,66+/m0/s1. The summed E-state index contributed by atoms with van der Waals surface area (Å²) in [4.78, 5) is 153. The van der Waals surface area contributed by atoms with Crippen LogP contribution in [0.1, 0.15) is 157 Å². The molecule has 0 bridgehead atoms. The SMILES string of the molecule is CC[C@H](C)[C@@H]([C@@H](CC(=O)N1C[C@@H](O)C[C@H]1[C@H](OC)[C@@H](C)C(=O)N[C@H](C)C(NC(=O)OCc1ccc(NC(=O)[C@H](CCCNC(N)=O)CC(=O)[C@@H](NC(=O)CCCCCN2C(=O)C=CC2=O)C(C)C)cc1)c1ccc(F)cc1)OC)N(C)C(=O)[C@@H](CC(=O)[C@H](C(C)C)N(C)C)C(C)C. The van der Waals surface area contributed by atoms with Crippen LogP contribution < -0.4 is 32.3 Å². The number of unbranched alkanes of at least 4 members (excludes halogenated alkanes) is 2. The van der Waals surface area contributed by atoms with E-state index in [1.807, 2.05) is 60.5 Å². The maximum Gasteiger partial charge on any atom is 0.408 e. The molecule has 25 nitrogen and oxygen atoms in total. The van der Waals surface area contributed by atoms with Gasteiger partial charge in [0.05, 0.1) is 66.9 Å². The highest BCUT2D eigenvalue weighted by atomic mass is 19.1. The largest absolute Gasteiger partial charge is 0.445 e. The summed E-state index contributed by atoms with van der Waals surface area (Å²) in [7, 11) is 8.30. The number of imide groups is 1. The van der Waals surface area contributed by atoms with E-state index >= 15 is 0 Å². The number of likely N-dealkylation sites (N-methyl/N-ethyl adjacent to an activating group) is 2. The van der Waals surface area contributed by atoms with Crippen molar-refractivity contribution in [1.29, 1.82) is 0 Å². The number of benzene rings is 2. The number of anilines is 1. The van der Waals surface area contributed by atoms with Gasteiger partial charge in [0.2, 0.25) is 29.5 Å². The monoisotopic (exact) mass is 1360 g/mol. The maximum absolute atomic E-state index is 14.6. The molecule has 1 saturated heterocycles. The molecule has 97 heavy (non-hydrogen) atoms. The Hall–Kier alpha value is -7.68. The van der Waals surface area contributed by atoms with Crippen molar-refractivity contribution >= 4 is 70.7 Å². The van der Waals surface area contributed by atoms with Gasteiger partial charge in [-0.05, 0) is 112 Å². The Kier molecular flexibility index (Phi) is 33.4. The van der Waals surface area contributed by atoms with E-state index in [9.17, 15) is 62.2 Å². The molecule has 1 unspecified atom stereocenters. The van der Waals surface area contributed by atoms with Crippen molar-refractivity contribution in [3.63, 3.8) is 0 Å². The number of halogens is 1. The summed E-state index contributed by atoms with van der Waals surface area (Å²) >= 11 is 0. The second kappa shape index (κ2) is 39.7. The Morgan fingerprint density at radius 2 is 1.38 bits per heavy atom. The molecule has 0 radical (unpaired) electrons. The Bertz CT molecular complexity index is 2980. The first-order chi connectivity index (χ1) is 45.7. The highest BCUT2D eigenvalue weighted by molar-refractivity contribution is 6.12. The molecule has 2 aliphatic heterocycles. The summed E-state index contributed by atoms with van der Waals surface area (Å²) in [5, 5.41) is 25.1. The molecule has 26 heteroatoms. The summed E-state index contributed by atoms with van der Waals surface area (Å²) < 4.78 is 32.1. The third-order valence-electron chi connectivity index (χ3n) is 18.7. The van der Waals surface area contributed by atoms with Gasteiger partial charge in [-0.2, -0.15) is 0 Å². The predicted molar refractivity (Wildman–Crippen MR) is 364 cm³/mol. The van der Waals surface area contributed by atoms with Crippen molar-refractivity contribution in [2.24, 2.45) is 47.2 Å². The maximum atomic E-state index is 14.6. The van der Waals surface area contributed by atoms with Gasteiger partial charge >= 0.3 is 12.1 Å². The van der Waals surface area contributed by atoms with Gasteiger partial charge in [-0.25, -0.2) is 14.0 Å². The second-order valence-electron chi connectivity index (χ2n) is 27.3. The van der Waals surface area contributed by atoms with Crippen LogP contribution in [0.2, 0.25) is 0 Å². The van der Waals surface area contributed by atoms with E-state index in [1.54, 1.807) is 63.9 Å². The number of amides is 10. The molecular weight excluding hydrogens is 1250 g/mol. The molecule has 2 aliphatic rings. The Labute approximate surface area is 572 Å². The van der Waals surface area contributed by atoms with Gasteiger partial charge in [0, 0.05) is 89.8 Å². The van der Waals surface area contributed by atoms with Gasteiger partial charge < -0.3 is 61.4 Å². The molecule has 2 aromatic carbocycles. The fourth-order valence-electron chi connectivity index (χ4n) is 13.1. The van der Waals surface area contributed by atoms with Crippen molar-refractivity contribution in [2.45, 2.75) is 201 Å². The Morgan fingerprint density at radius 3 is 1.94 bits per heavy atom. The number of ketones is 2. The van der Waals surface area contributed by atoms with Gasteiger partial charge in [-0.1, -0.05) is 99.4 Å². The molecule has 4 rings (SSSR count). The lowest BCUT2D eigenvalue weighted by molar-refractivity contribution is -0.149. The zero-order valence-electron chi connectivity index (χ0n) is 59.5. The van der Waals surface area contributed by atoms with Gasteiger partial charge in [-0.15, -0.1) is 0 Å². The highest BCUT2D eigenvalue weighted by Crippen LogP contribution is 2.32. The lowest BCUT2D eigenvalue weighted by Gasteiger charge is -2.41. The summed E-state index contributed by atoms with van der Waals surface area (Å²) in [6, 6.07) is 6.52. The first-order valence-electron chi connectivity index (χ1n) is 34.0. The first-order valence-corrected chi connectivity index (χ1v) is 34.0. The summed E-state index contributed by atoms with van der Waals surface area (Å²) in [6.45, 7) is 18.7. The van der Waals surface area contributed by atoms with E-state index < -0.39 is 96.0 Å². The summed E-state index contributed by atoms with van der Waals surface area (Å²) in [5.74, 6) is -6.72. The molecule has 0 aromatic heterocycles. The quantitative estimate of drug-likeness (QED) is 0.0272. The third-order valence-corrected chi connectivity index (χ3v) is 18.7. The Balaban J connectivity index is 1.42. The first kappa shape index (κ1) is 81.7. The number of aliphatic hydroxyl groups excluding tert-OH is 1. The molecule has 0 aliphatic carbocycles. The minimum absolute atomic E-state index is 0.0252. The summed E-state index contributed by atoms with van der Waals surface area (Å²) in [5.41, 5.74) is 6.55. The van der Waals surface area contributed by atoms with Crippen molar-refractivity contribution in [1.82, 2.24) is 40.9 Å². The van der Waals surface area contributed by atoms with Crippen LogP contribution in [0.25, 0.3) is 0 Å². The number of urea groups is 1. The van der Waals surface area contributed by atoms with Gasteiger partial charge in [-0.3, -0.25) is 53.0 Å². The van der Waals surface area contributed by atoms with Crippen molar-refractivity contribution in [3.05, 3.63) is 77.6 Å². The number of carbonyl (C=O) groups is 11. The number of primary amides is 1. The van der Waals surface area contributed by atoms with Crippen LogP contribution in [-0.4, -0.2) is 193 Å². The molecule has 0 saturated carbocycles. The molecule has 1 fully saturated rings. The topological polar surface area (TPSA) is 335 Å². The molecule has 0 spiro atoms. The van der Waals surface area contributed by atoms with E-state index in [2.05, 4.69) is 26.6 Å². The fourth-order valence-corrected chi connectivity index (χ4v) is 13.1. The molecule has 2 aromatic rings. The number of methoxy groups -OCH3 is 2. The second-order valence-corrected chi connectivity index (χ2v) is 27.3. The molecule has 540 valence electrons. The predicted octanol–water partition coefficient (Wildman–Crippen LogP) is 6.60. The number of ether oxygens (including phenoxy) is 3. The van der Waals surface area contributed by atoms with Gasteiger partial charge in [0.1, 0.15) is 12.4 Å². The van der Waals surface area contributed by atoms with Gasteiger partial charge in [0.15, 0.2) is 11.6 Å². The summed E-state index contributed by atoms with van der Waals surface area (Å²) in [6.07, 6.45) is 1.33. The van der Waals surface area contributed by atoms with E-state index in [4.69, 9.17) is 19.9 Å². The van der Waals surface area contributed by atoms with Crippen LogP contribution in [-0.2, 0) is 64.0 Å². The van der Waals surface area contributed by atoms with Gasteiger partial charge in [0.25, 0.3) is 11.8 Å². The number of β-amino-alcohol motifs (C(OH)–C–C–N with tert-alkyl or cyclic N) is 1.